The fourth-order valence-corrected chi connectivity index (χ4v) is 4.44. The minimum atomic E-state index is -0.445. The van der Waals surface area contributed by atoms with Crippen LogP contribution in [0.4, 0.5) is 11.4 Å². The highest BCUT2D eigenvalue weighted by Gasteiger charge is 2.23. The Hall–Kier alpha value is -2.64. The smallest absolute Gasteiger partial charge is 0.252 e. The Morgan fingerprint density at radius 2 is 1.97 bits per heavy atom. The number of piperazine rings is 1. The molecule has 0 aliphatic carbocycles. The number of hydrogen-bond acceptors (Lipinski definition) is 6. The number of carbonyl (C=O) groups is 1. The van der Waals surface area contributed by atoms with Gasteiger partial charge in [-0.05, 0) is 56.2 Å². The molecule has 2 fully saturated rings. The van der Waals surface area contributed by atoms with Crippen molar-refractivity contribution in [3.8, 4) is 0 Å². The third kappa shape index (κ3) is 5.35. The molecule has 166 valence electrons. The third-order valence-corrected chi connectivity index (χ3v) is 6.54. The molecule has 1 aromatic heterocycles. The summed E-state index contributed by atoms with van der Waals surface area (Å²) in [4.78, 5) is 21.3. The molecule has 0 saturated carbocycles. The van der Waals surface area contributed by atoms with Gasteiger partial charge in [0, 0.05) is 56.2 Å². The van der Waals surface area contributed by atoms with Crippen LogP contribution in [0.1, 0.15) is 35.0 Å². The van der Waals surface area contributed by atoms with E-state index in [0.29, 0.717) is 17.5 Å². The van der Waals surface area contributed by atoms with Gasteiger partial charge < -0.3 is 26.2 Å². The highest BCUT2D eigenvalue weighted by molar-refractivity contribution is 5.98. The number of carbonyl (C=O) groups excluding carboxylic acids is 1. The van der Waals surface area contributed by atoms with E-state index in [1.54, 1.807) is 6.20 Å². The first-order valence-electron chi connectivity index (χ1n) is 11.3. The Morgan fingerprint density at radius 1 is 1.23 bits per heavy atom. The lowest BCUT2D eigenvalue weighted by Crippen LogP contribution is -2.44. The number of nitrogens with zero attached hydrogens (tertiary/aromatic N) is 3. The molecule has 4 N–H and O–H groups in total. The maximum Gasteiger partial charge on any atom is 0.252 e. The number of aromatic nitrogens is 1. The van der Waals surface area contributed by atoms with Crippen molar-refractivity contribution in [3.05, 3.63) is 53.3 Å². The molecule has 7 heteroatoms. The van der Waals surface area contributed by atoms with Crippen molar-refractivity contribution in [1.29, 1.82) is 0 Å². The number of amides is 1. The molecule has 7 nitrogen and oxygen atoms in total. The van der Waals surface area contributed by atoms with Crippen LogP contribution in [0.15, 0.2) is 36.5 Å². The van der Waals surface area contributed by atoms with Gasteiger partial charge in [0.25, 0.3) is 5.91 Å². The Morgan fingerprint density at radius 3 is 2.65 bits per heavy atom. The molecule has 0 radical (unpaired) electrons. The topological polar surface area (TPSA) is 86.5 Å². The number of nitrogens with two attached hydrogens (primary N) is 1. The van der Waals surface area contributed by atoms with Gasteiger partial charge in [-0.2, -0.15) is 0 Å². The summed E-state index contributed by atoms with van der Waals surface area (Å²) < 4.78 is 0. The van der Waals surface area contributed by atoms with E-state index in [-0.39, 0.29) is 0 Å². The van der Waals surface area contributed by atoms with E-state index < -0.39 is 5.91 Å². The minimum Gasteiger partial charge on any atom is -0.381 e. The standard InChI is InChI=1S/C24H34N6O/c1-17-15-26-8-7-22(17)28-23-14-19(27-16-21(23)24(25)31)13-18-3-5-20(6-4-18)30-11-9-29(2)10-12-30/h3-6,14,16-17,22,26H,7-13,15H2,1-2H3,(H2,25,31)(H,27,28)/t17-,22+/m0/s1. The summed E-state index contributed by atoms with van der Waals surface area (Å²) in [5, 5.41) is 6.98. The number of likely N-dealkylation sites (N-methyl/N-ethyl adjacent to an activating group) is 1. The monoisotopic (exact) mass is 422 g/mol. The van der Waals surface area contributed by atoms with Gasteiger partial charge in [0.2, 0.25) is 0 Å². The number of primary amides is 1. The molecule has 4 rings (SSSR count). The summed E-state index contributed by atoms with van der Waals surface area (Å²) in [6.07, 6.45) is 3.35. The van der Waals surface area contributed by atoms with Crippen LogP contribution in [0.3, 0.4) is 0 Å². The highest BCUT2D eigenvalue weighted by Crippen LogP contribution is 2.24. The number of piperidine rings is 1. The second-order valence-electron chi connectivity index (χ2n) is 8.94. The largest absolute Gasteiger partial charge is 0.381 e. The van der Waals surface area contributed by atoms with E-state index in [1.165, 1.54) is 11.3 Å². The molecule has 2 saturated heterocycles. The van der Waals surface area contributed by atoms with Gasteiger partial charge >= 0.3 is 0 Å². The van der Waals surface area contributed by atoms with Crippen LogP contribution in [0.5, 0.6) is 0 Å². The molecule has 2 aliphatic heterocycles. The molecule has 31 heavy (non-hydrogen) atoms. The molecule has 0 spiro atoms. The lowest BCUT2D eigenvalue weighted by molar-refractivity contribution is 0.100. The van der Waals surface area contributed by atoms with Crippen LogP contribution in [-0.4, -0.2) is 68.1 Å². The lowest BCUT2D eigenvalue weighted by atomic mass is 9.94. The van der Waals surface area contributed by atoms with Gasteiger partial charge in [-0.25, -0.2) is 0 Å². The van der Waals surface area contributed by atoms with E-state index in [9.17, 15) is 4.79 Å². The van der Waals surface area contributed by atoms with Gasteiger partial charge in [0.05, 0.1) is 11.3 Å². The van der Waals surface area contributed by atoms with Crippen molar-refractivity contribution in [1.82, 2.24) is 15.2 Å². The summed E-state index contributed by atoms with van der Waals surface area (Å²) in [6.45, 7) is 8.50. The van der Waals surface area contributed by atoms with Gasteiger partial charge in [-0.3, -0.25) is 9.78 Å². The van der Waals surface area contributed by atoms with Crippen LogP contribution in [0.2, 0.25) is 0 Å². The fraction of sp³-hybridized carbons (Fsp3) is 0.500. The molecule has 2 aliphatic rings. The highest BCUT2D eigenvalue weighted by atomic mass is 16.1. The van der Waals surface area contributed by atoms with E-state index in [2.05, 4.69) is 63.7 Å². The zero-order valence-electron chi connectivity index (χ0n) is 18.6. The van der Waals surface area contributed by atoms with Crippen molar-refractivity contribution in [3.63, 3.8) is 0 Å². The number of pyridine rings is 1. The van der Waals surface area contributed by atoms with Crippen LogP contribution in [0, 0.1) is 5.92 Å². The number of nitrogens with one attached hydrogen (secondary N) is 2. The van der Waals surface area contributed by atoms with Crippen molar-refractivity contribution >= 4 is 17.3 Å². The molecule has 1 amide bonds. The number of hydrogen-bond donors (Lipinski definition) is 3. The molecule has 3 heterocycles. The van der Waals surface area contributed by atoms with Gasteiger partial charge in [-0.15, -0.1) is 0 Å². The molecule has 0 unspecified atom stereocenters. The van der Waals surface area contributed by atoms with E-state index >= 15 is 0 Å². The SMILES string of the molecule is C[C@H]1CNCC[C@H]1Nc1cc(Cc2ccc(N3CCN(C)CC3)cc2)ncc1C(N)=O. The van der Waals surface area contributed by atoms with E-state index in [0.717, 1.165) is 63.5 Å². The molecule has 0 bridgehead atoms. The van der Waals surface area contributed by atoms with Crippen molar-refractivity contribution in [2.75, 3.05) is 56.5 Å². The summed E-state index contributed by atoms with van der Waals surface area (Å²) in [6, 6.07) is 11.1. The first-order chi connectivity index (χ1) is 15.0. The van der Waals surface area contributed by atoms with Crippen LogP contribution in [0.25, 0.3) is 0 Å². The quantitative estimate of drug-likeness (QED) is 0.660. The maximum atomic E-state index is 11.9. The van der Waals surface area contributed by atoms with Crippen LogP contribution in [-0.2, 0) is 6.42 Å². The first kappa shape index (κ1) is 21.6. The summed E-state index contributed by atoms with van der Waals surface area (Å²) in [5.41, 5.74) is 10.3. The van der Waals surface area contributed by atoms with Crippen molar-refractivity contribution in [2.24, 2.45) is 11.7 Å². The van der Waals surface area contributed by atoms with E-state index in [4.69, 9.17) is 5.73 Å². The third-order valence-electron chi connectivity index (χ3n) is 6.54. The molecule has 2 aromatic rings. The Balaban J connectivity index is 1.47. The second-order valence-corrected chi connectivity index (χ2v) is 8.94. The molecular formula is C24H34N6O. The average molecular weight is 423 g/mol. The molecular weight excluding hydrogens is 388 g/mol. The zero-order valence-corrected chi connectivity index (χ0v) is 18.6. The number of rotatable bonds is 6. The number of benzene rings is 1. The Labute approximate surface area is 185 Å². The molecule has 1 aromatic carbocycles. The maximum absolute atomic E-state index is 11.9. The first-order valence-corrected chi connectivity index (χ1v) is 11.3. The van der Waals surface area contributed by atoms with E-state index in [1.807, 2.05) is 6.07 Å². The summed E-state index contributed by atoms with van der Waals surface area (Å²) in [5.74, 6) is 0.0351. The predicted octanol–water partition coefficient (Wildman–Crippen LogP) is 1.93. The van der Waals surface area contributed by atoms with Gasteiger partial charge in [0.1, 0.15) is 0 Å². The van der Waals surface area contributed by atoms with Crippen LogP contribution < -0.4 is 21.3 Å². The van der Waals surface area contributed by atoms with Crippen LogP contribution >= 0.6 is 0 Å². The fourth-order valence-electron chi connectivity index (χ4n) is 4.44. The second kappa shape index (κ2) is 9.66. The lowest BCUT2D eigenvalue weighted by Gasteiger charge is -2.34. The zero-order chi connectivity index (χ0) is 21.8. The normalized spacial score (nSPS) is 22.3. The minimum absolute atomic E-state index is 0.317. The Kier molecular flexibility index (Phi) is 6.73. The predicted molar refractivity (Wildman–Crippen MR) is 126 cm³/mol. The summed E-state index contributed by atoms with van der Waals surface area (Å²) in [7, 11) is 2.17. The molecule has 2 atom stereocenters. The average Bonchev–Trinajstić information content (AvgIpc) is 2.76. The Bertz CT molecular complexity index is 891. The number of anilines is 2. The van der Waals surface area contributed by atoms with Gasteiger partial charge in [-0.1, -0.05) is 19.1 Å². The summed E-state index contributed by atoms with van der Waals surface area (Å²) >= 11 is 0. The van der Waals surface area contributed by atoms with Crippen molar-refractivity contribution in [2.45, 2.75) is 25.8 Å². The van der Waals surface area contributed by atoms with Gasteiger partial charge in [0.15, 0.2) is 0 Å². The van der Waals surface area contributed by atoms with Crippen molar-refractivity contribution < 1.29 is 4.79 Å².